The van der Waals surface area contributed by atoms with Gasteiger partial charge in [-0.2, -0.15) is 0 Å². The molecule has 0 aliphatic heterocycles. The molecule has 20 heavy (non-hydrogen) atoms. The molecule has 0 amide bonds. The van der Waals surface area contributed by atoms with Crippen molar-refractivity contribution in [2.24, 2.45) is 5.73 Å². The third kappa shape index (κ3) is 3.46. The van der Waals surface area contributed by atoms with Gasteiger partial charge in [-0.1, -0.05) is 17.7 Å². The van der Waals surface area contributed by atoms with Crippen molar-refractivity contribution in [1.29, 1.82) is 0 Å². The molecule has 0 aliphatic rings. The highest BCUT2D eigenvalue weighted by atomic mass is 35.5. The van der Waals surface area contributed by atoms with E-state index < -0.39 is 11.6 Å². The summed E-state index contributed by atoms with van der Waals surface area (Å²) in [5.74, 6) is -0.918. The zero-order chi connectivity index (χ0) is 14.7. The van der Waals surface area contributed by atoms with Crippen molar-refractivity contribution in [3.05, 3.63) is 64.2 Å². The summed E-state index contributed by atoms with van der Waals surface area (Å²) in [6, 6.07) is 8.35. The Balaban J connectivity index is 2.13. The van der Waals surface area contributed by atoms with Crippen LogP contribution in [0.15, 0.2) is 36.4 Å². The molecule has 2 aromatic rings. The number of ether oxygens (including phenoxy) is 1. The van der Waals surface area contributed by atoms with Crippen molar-refractivity contribution in [2.75, 3.05) is 0 Å². The maximum absolute atomic E-state index is 13.8. The smallest absolute Gasteiger partial charge is 0.165 e. The Morgan fingerprint density at radius 3 is 2.55 bits per heavy atom. The molecule has 2 N–H and O–H groups in total. The van der Waals surface area contributed by atoms with Crippen LogP contribution >= 0.6 is 11.6 Å². The number of halogens is 3. The number of benzene rings is 2. The number of rotatable bonds is 4. The Morgan fingerprint density at radius 2 is 1.90 bits per heavy atom. The van der Waals surface area contributed by atoms with Crippen molar-refractivity contribution in [2.45, 2.75) is 19.6 Å². The summed E-state index contributed by atoms with van der Waals surface area (Å²) in [5, 5.41) is 0.401. The Bertz CT molecular complexity index is 617. The molecule has 0 spiro atoms. The van der Waals surface area contributed by atoms with Gasteiger partial charge in [0.25, 0.3) is 0 Å². The lowest BCUT2D eigenvalue weighted by molar-refractivity contribution is 0.284. The average molecular weight is 298 g/mol. The first kappa shape index (κ1) is 14.8. The molecule has 0 aromatic heterocycles. The van der Waals surface area contributed by atoms with Gasteiger partial charge in [-0.05, 0) is 42.8 Å². The molecule has 5 heteroatoms. The van der Waals surface area contributed by atoms with Crippen LogP contribution in [0.2, 0.25) is 5.02 Å². The second-order valence-corrected chi connectivity index (χ2v) is 4.94. The molecule has 0 heterocycles. The number of nitrogens with two attached hydrogens (primary N) is 1. The minimum Gasteiger partial charge on any atom is -0.486 e. The van der Waals surface area contributed by atoms with E-state index in [0.717, 1.165) is 0 Å². The monoisotopic (exact) mass is 297 g/mol. The molecule has 106 valence electrons. The molecule has 0 saturated heterocycles. The highest BCUT2D eigenvalue weighted by Crippen LogP contribution is 2.23. The Kier molecular flexibility index (Phi) is 4.57. The topological polar surface area (TPSA) is 35.2 Å². The summed E-state index contributed by atoms with van der Waals surface area (Å²) < 4.78 is 32.6. The van der Waals surface area contributed by atoms with Gasteiger partial charge < -0.3 is 10.5 Å². The van der Waals surface area contributed by atoms with E-state index in [1.165, 1.54) is 30.3 Å². The molecule has 0 fully saturated rings. The summed E-state index contributed by atoms with van der Waals surface area (Å²) in [7, 11) is 0. The fourth-order valence-corrected chi connectivity index (χ4v) is 1.92. The molecule has 0 aliphatic carbocycles. The highest BCUT2D eigenvalue weighted by molar-refractivity contribution is 6.30. The molecule has 1 atom stereocenters. The summed E-state index contributed by atoms with van der Waals surface area (Å²) in [6.45, 7) is 1.66. The number of hydrogen-bond acceptors (Lipinski definition) is 2. The van der Waals surface area contributed by atoms with Gasteiger partial charge in [0.15, 0.2) is 11.6 Å². The average Bonchev–Trinajstić information content (AvgIpc) is 2.40. The lowest BCUT2D eigenvalue weighted by atomic mass is 10.1. The minimum absolute atomic E-state index is 0.0498. The summed E-state index contributed by atoms with van der Waals surface area (Å²) >= 11 is 5.78. The largest absolute Gasteiger partial charge is 0.486 e. The van der Waals surface area contributed by atoms with Crippen LogP contribution in [0.5, 0.6) is 5.75 Å². The maximum atomic E-state index is 13.8. The quantitative estimate of drug-likeness (QED) is 0.917. The summed E-state index contributed by atoms with van der Waals surface area (Å²) in [5.41, 5.74) is 6.60. The van der Waals surface area contributed by atoms with Crippen LogP contribution < -0.4 is 10.5 Å². The zero-order valence-corrected chi connectivity index (χ0v) is 11.6. The van der Waals surface area contributed by atoms with Crippen LogP contribution in [0, 0.1) is 11.6 Å². The number of hydrogen-bond donors (Lipinski definition) is 1. The molecule has 0 saturated carbocycles. The van der Waals surface area contributed by atoms with Gasteiger partial charge in [0.1, 0.15) is 12.4 Å². The van der Waals surface area contributed by atoms with E-state index in [9.17, 15) is 8.78 Å². The lowest BCUT2D eigenvalue weighted by Gasteiger charge is -2.11. The predicted octanol–water partition coefficient (Wildman–Crippen LogP) is 4.22. The second-order valence-electron chi connectivity index (χ2n) is 4.50. The Labute approximate surface area is 121 Å². The molecule has 1 unspecified atom stereocenters. The predicted molar refractivity (Wildman–Crippen MR) is 74.7 cm³/mol. The third-order valence-corrected chi connectivity index (χ3v) is 3.11. The van der Waals surface area contributed by atoms with Crippen LogP contribution in [0.25, 0.3) is 0 Å². The van der Waals surface area contributed by atoms with Gasteiger partial charge in [0.2, 0.25) is 0 Å². The summed E-state index contributed by atoms with van der Waals surface area (Å²) in [6.07, 6.45) is 0. The van der Waals surface area contributed by atoms with Gasteiger partial charge in [-0.25, -0.2) is 8.78 Å². The zero-order valence-electron chi connectivity index (χ0n) is 10.9. The van der Waals surface area contributed by atoms with E-state index in [1.807, 2.05) is 0 Å². The van der Waals surface area contributed by atoms with Crippen LogP contribution in [0.3, 0.4) is 0 Å². The molecular weight excluding hydrogens is 284 g/mol. The Hall–Kier alpha value is -1.65. The van der Waals surface area contributed by atoms with E-state index in [4.69, 9.17) is 22.1 Å². The first-order valence-electron chi connectivity index (χ1n) is 6.09. The first-order chi connectivity index (χ1) is 9.47. The van der Waals surface area contributed by atoms with Crippen LogP contribution in [0.4, 0.5) is 8.78 Å². The van der Waals surface area contributed by atoms with Crippen LogP contribution in [0.1, 0.15) is 24.1 Å². The molecule has 0 radical (unpaired) electrons. The van der Waals surface area contributed by atoms with E-state index in [1.54, 1.807) is 13.0 Å². The molecule has 2 aromatic carbocycles. The van der Waals surface area contributed by atoms with E-state index in [2.05, 4.69) is 0 Å². The minimum atomic E-state index is -0.526. The van der Waals surface area contributed by atoms with Gasteiger partial charge in [0, 0.05) is 16.6 Å². The standard InChI is InChI=1S/C15H14ClF2NO/c1-9(19)10-2-5-15(14(18)7-10)20-8-11-6-12(16)3-4-13(11)17/h2-7,9H,8,19H2,1H3. The van der Waals surface area contributed by atoms with E-state index in [-0.39, 0.29) is 24.0 Å². The molecular formula is C15H14ClF2NO. The lowest BCUT2D eigenvalue weighted by Crippen LogP contribution is -2.06. The van der Waals surface area contributed by atoms with E-state index in [0.29, 0.717) is 10.6 Å². The Morgan fingerprint density at radius 1 is 1.15 bits per heavy atom. The van der Waals surface area contributed by atoms with Crippen LogP contribution in [-0.2, 0) is 6.61 Å². The van der Waals surface area contributed by atoms with Crippen molar-refractivity contribution in [1.82, 2.24) is 0 Å². The summed E-state index contributed by atoms with van der Waals surface area (Å²) in [4.78, 5) is 0. The first-order valence-corrected chi connectivity index (χ1v) is 6.47. The molecule has 2 rings (SSSR count). The second kappa shape index (κ2) is 6.20. The molecule has 2 nitrogen and oxygen atoms in total. The fourth-order valence-electron chi connectivity index (χ4n) is 1.73. The van der Waals surface area contributed by atoms with Crippen molar-refractivity contribution < 1.29 is 13.5 Å². The SMILES string of the molecule is CC(N)c1ccc(OCc2cc(Cl)ccc2F)c(F)c1. The van der Waals surface area contributed by atoms with Gasteiger partial charge in [-0.3, -0.25) is 0 Å². The normalized spacial score (nSPS) is 12.2. The van der Waals surface area contributed by atoms with Crippen molar-refractivity contribution in [3.8, 4) is 5.75 Å². The third-order valence-electron chi connectivity index (χ3n) is 2.87. The fraction of sp³-hybridized carbons (Fsp3) is 0.200. The molecule has 0 bridgehead atoms. The van der Waals surface area contributed by atoms with Gasteiger partial charge in [-0.15, -0.1) is 0 Å². The van der Waals surface area contributed by atoms with Crippen molar-refractivity contribution >= 4 is 11.6 Å². The highest BCUT2D eigenvalue weighted by Gasteiger charge is 2.09. The van der Waals surface area contributed by atoms with Crippen LogP contribution in [-0.4, -0.2) is 0 Å². The van der Waals surface area contributed by atoms with Crippen molar-refractivity contribution in [3.63, 3.8) is 0 Å². The van der Waals surface area contributed by atoms with Gasteiger partial charge >= 0.3 is 0 Å². The van der Waals surface area contributed by atoms with E-state index >= 15 is 0 Å². The van der Waals surface area contributed by atoms with Gasteiger partial charge in [0.05, 0.1) is 0 Å². The maximum Gasteiger partial charge on any atom is 0.165 e.